The van der Waals surface area contributed by atoms with Gasteiger partial charge in [0.05, 0.1) is 25.9 Å². The zero-order chi connectivity index (χ0) is 13.7. The Morgan fingerprint density at radius 1 is 1.05 bits per heavy atom. The molecule has 4 heteroatoms. The van der Waals surface area contributed by atoms with Gasteiger partial charge in [0.15, 0.2) is 0 Å². The molecule has 0 unspecified atom stereocenters. The third-order valence-electron chi connectivity index (χ3n) is 3.99. The average Bonchev–Trinajstić information content (AvgIpc) is 2.89. The summed E-state index contributed by atoms with van der Waals surface area (Å²) in [6, 6.07) is 7.97. The first-order valence-corrected chi connectivity index (χ1v) is 6.91. The van der Waals surface area contributed by atoms with Crippen LogP contribution >= 0.6 is 0 Å². The van der Waals surface area contributed by atoms with Gasteiger partial charge in [-0.15, -0.1) is 0 Å². The Morgan fingerprint density at radius 2 is 1.68 bits per heavy atom. The fraction of sp³-hybridized carbons (Fsp3) is 0.600. The molecule has 1 fully saturated rings. The SMILES string of the molecule is OCc1ccc(C[C@@H]2CCN(C(CO)CO)C2)cc1. The highest BCUT2D eigenvalue weighted by Crippen LogP contribution is 2.22. The maximum atomic E-state index is 9.19. The van der Waals surface area contributed by atoms with Crippen LogP contribution in [0.25, 0.3) is 0 Å². The van der Waals surface area contributed by atoms with Crippen molar-refractivity contribution >= 4 is 0 Å². The minimum atomic E-state index is -0.109. The second-order valence-electron chi connectivity index (χ2n) is 5.35. The van der Waals surface area contributed by atoms with Gasteiger partial charge < -0.3 is 15.3 Å². The Kier molecular flexibility index (Phi) is 5.34. The Labute approximate surface area is 114 Å². The van der Waals surface area contributed by atoms with E-state index in [0.717, 1.165) is 31.5 Å². The first kappa shape index (κ1) is 14.5. The molecule has 0 aliphatic carbocycles. The third-order valence-corrected chi connectivity index (χ3v) is 3.99. The van der Waals surface area contributed by atoms with Crippen LogP contribution in [0.2, 0.25) is 0 Å². The lowest BCUT2D eigenvalue weighted by Crippen LogP contribution is -2.39. The summed E-state index contributed by atoms with van der Waals surface area (Å²) >= 11 is 0. The van der Waals surface area contributed by atoms with E-state index in [1.807, 2.05) is 12.1 Å². The summed E-state index contributed by atoms with van der Waals surface area (Å²) in [5, 5.41) is 27.4. The topological polar surface area (TPSA) is 63.9 Å². The van der Waals surface area contributed by atoms with Crippen LogP contribution in [0.4, 0.5) is 0 Å². The van der Waals surface area contributed by atoms with Gasteiger partial charge in [-0.2, -0.15) is 0 Å². The predicted octanol–water partition coefficient (Wildman–Crippen LogP) is 0.396. The summed E-state index contributed by atoms with van der Waals surface area (Å²) < 4.78 is 0. The first-order chi connectivity index (χ1) is 9.26. The molecule has 0 aromatic heterocycles. The van der Waals surface area contributed by atoms with E-state index in [1.54, 1.807) is 0 Å². The number of benzene rings is 1. The van der Waals surface area contributed by atoms with E-state index in [1.165, 1.54) is 5.56 Å². The molecule has 2 rings (SSSR count). The summed E-state index contributed by atoms with van der Waals surface area (Å²) in [5.41, 5.74) is 2.23. The maximum absolute atomic E-state index is 9.19. The van der Waals surface area contributed by atoms with Crippen molar-refractivity contribution in [2.75, 3.05) is 26.3 Å². The number of nitrogens with zero attached hydrogens (tertiary/aromatic N) is 1. The smallest absolute Gasteiger partial charge is 0.0681 e. The number of aliphatic hydroxyl groups is 3. The molecule has 1 saturated heterocycles. The highest BCUT2D eigenvalue weighted by molar-refractivity contribution is 5.22. The maximum Gasteiger partial charge on any atom is 0.0681 e. The minimum absolute atomic E-state index is 0.0222. The molecule has 106 valence electrons. The molecule has 19 heavy (non-hydrogen) atoms. The fourth-order valence-electron chi connectivity index (χ4n) is 2.76. The van der Waals surface area contributed by atoms with Gasteiger partial charge in [-0.25, -0.2) is 0 Å². The van der Waals surface area contributed by atoms with Crippen molar-refractivity contribution in [2.24, 2.45) is 5.92 Å². The van der Waals surface area contributed by atoms with Crippen molar-refractivity contribution in [3.63, 3.8) is 0 Å². The number of aliphatic hydroxyl groups excluding tert-OH is 3. The van der Waals surface area contributed by atoms with E-state index in [-0.39, 0.29) is 25.9 Å². The van der Waals surface area contributed by atoms with Gasteiger partial charge >= 0.3 is 0 Å². The lowest BCUT2D eigenvalue weighted by Gasteiger charge is -2.24. The van der Waals surface area contributed by atoms with Crippen LogP contribution in [0.3, 0.4) is 0 Å². The van der Waals surface area contributed by atoms with Gasteiger partial charge in [-0.3, -0.25) is 4.90 Å². The predicted molar refractivity (Wildman–Crippen MR) is 73.7 cm³/mol. The number of hydrogen-bond acceptors (Lipinski definition) is 4. The molecule has 1 heterocycles. The van der Waals surface area contributed by atoms with Crippen molar-refractivity contribution in [1.82, 2.24) is 4.90 Å². The molecule has 1 atom stereocenters. The monoisotopic (exact) mass is 265 g/mol. The molecule has 1 aromatic carbocycles. The minimum Gasteiger partial charge on any atom is -0.395 e. The number of likely N-dealkylation sites (tertiary alicyclic amines) is 1. The quantitative estimate of drug-likeness (QED) is 0.696. The van der Waals surface area contributed by atoms with Gasteiger partial charge in [-0.05, 0) is 36.4 Å². The fourth-order valence-corrected chi connectivity index (χ4v) is 2.76. The number of hydrogen-bond donors (Lipinski definition) is 3. The van der Waals surface area contributed by atoms with Crippen molar-refractivity contribution in [3.8, 4) is 0 Å². The number of rotatable bonds is 6. The molecule has 0 bridgehead atoms. The van der Waals surface area contributed by atoms with E-state index in [4.69, 9.17) is 5.11 Å². The lowest BCUT2D eigenvalue weighted by molar-refractivity contribution is 0.0880. The zero-order valence-corrected chi connectivity index (χ0v) is 11.2. The molecule has 0 radical (unpaired) electrons. The molecular formula is C15H23NO3. The van der Waals surface area contributed by atoms with Crippen LogP contribution in [0.15, 0.2) is 24.3 Å². The molecule has 0 spiro atoms. The van der Waals surface area contributed by atoms with Gasteiger partial charge in [0.1, 0.15) is 0 Å². The average molecular weight is 265 g/mol. The Balaban J connectivity index is 1.87. The van der Waals surface area contributed by atoms with Crippen LogP contribution < -0.4 is 0 Å². The standard InChI is InChI=1S/C15H23NO3/c17-9-13-3-1-12(2-4-13)7-14-5-6-16(8-14)15(10-18)11-19/h1-4,14-15,17-19H,5-11H2/t14-/m0/s1. The van der Waals surface area contributed by atoms with Crippen LogP contribution in [0.1, 0.15) is 17.5 Å². The highest BCUT2D eigenvalue weighted by atomic mass is 16.3. The summed E-state index contributed by atoms with van der Waals surface area (Å²) in [4.78, 5) is 2.17. The van der Waals surface area contributed by atoms with E-state index in [9.17, 15) is 10.2 Å². The van der Waals surface area contributed by atoms with Crippen LogP contribution in [0, 0.1) is 5.92 Å². The molecule has 3 N–H and O–H groups in total. The normalized spacial score (nSPS) is 20.3. The van der Waals surface area contributed by atoms with Crippen molar-refractivity contribution < 1.29 is 15.3 Å². The van der Waals surface area contributed by atoms with E-state index < -0.39 is 0 Å². The Bertz CT molecular complexity index is 375. The van der Waals surface area contributed by atoms with Crippen molar-refractivity contribution in [1.29, 1.82) is 0 Å². The van der Waals surface area contributed by atoms with Gasteiger partial charge in [0, 0.05) is 6.54 Å². The van der Waals surface area contributed by atoms with Crippen LogP contribution in [0.5, 0.6) is 0 Å². The summed E-state index contributed by atoms with van der Waals surface area (Å²) in [5.74, 6) is 0.584. The highest BCUT2D eigenvalue weighted by Gasteiger charge is 2.27. The molecule has 1 aromatic rings. The summed E-state index contributed by atoms with van der Waals surface area (Å²) in [7, 11) is 0. The van der Waals surface area contributed by atoms with Gasteiger partial charge in [-0.1, -0.05) is 24.3 Å². The van der Waals surface area contributed by atoms with Crippen LogP contribution in [-0.4, -0.2) is 52.6 Å². The van der Waals surface area contributed by atoms with Gasteiger partial charge in [0.2, 0.25) is 0 Å². The van der Waals surface area contributed by atoms with Crippen molar-refractivity contribution in [3.05, 3.63) is 35.4 Å². The second kappa shape index (κ2) is 7.01. The molecule has 0 amide bonds. The third kappa shape index (κ3) is 3.76. The largest absolute Gasteiger partial charge is 0.395 e. The van der Waals surface area contributed by atoms with E-state index in [0.29, 0.717) is 5.92 Å². The van der Waals surface area contributed by atoms with E-state index in [2.05, 4.69) is 17.0 Å². The molecule has 4 nitrogen and oxygen atoms in total. The molecule has 1 aliphatic rings. The summed E-state index contributed by atoms with van der Waals surface area (Å²) in [6.45, 7) is 2.02. The first-order valence-electron chi connectivity index (χ1n) is 6.91. The van der Waals surface area contributed by atoms with Gasteiger partial charge in [0.25, 0.3) is 0 Å². The molecule has 1 aliphatic heterocycles. The van der Waals surface area contributed by atoms with Crippen LogP contribution in [-0.2, 0) is 13.0 Å². The lowest BCUT2D eigenvalue weighted by atomic mass is 9.98. The summed E-state index contributed by atoms with van der Waals surface area (Å²) in [6.07, 6.45) is 2.13. The molecular weight excluding hydrogens is 242 g/mol. The zero-order valence-electron chi connectivity index (χ0n) is 11.2. The Morgan fingerprint density at radius 3 is 2.26 bits per heavy atom. The molecule has 0 saturated carbocycles. The van der Waals surface area contributed by atoms with Crippen molar-refractivity contribution in [2.45, 2.75) is 25.5 Å². The second-order valence-corrected chi connectivity index (χ2v) is 5.35. The van der Waals surface area contributed by atoms with E-state index >= 15 is 0 Å². The Hall–Kier alpha value is -0.940.